The molecule has 2 fully saturated rings. The monoisotopic (exact) mass is 478 g/mol. The molecule has 4 rings (SSSR count). The second-order valence-corrected chi connectivity index (χ2v) is 9.30. The predicted molar refractivity (Wildman–Crippen MR) is 126 cm³/mol. The number of hydrogen-bond acceptors (Lipinski definition) is 8. The summed E-state index contributed by atoms with van der Waals surface area (Å²) in [5.41, 5.74) is 7.34. The smallest absolute Gasteiger partial charge is 0.232 e. The molecule has 0 amide bonds. The number of pyridine rings is 1. The Morgan fingerprint density at radius 3 is 2.67 bits per heavy atom. The molecule has 1 aliphatic carbocycles. The molecule has 1 saturated carbocycles. The van der Waals surface area contributed by atoms with Gasteiger partial charge in [0.15, 0.2) is 0 Å². The second-order valence-electron chi connectivity index (χ2n) is 8.89. The number of anilines is 1. The molecule has 4 N–H and O–H groups in total. The Hall–Kier alpha value is -2.07. The van der Waals surface area contributed by atoms with E-state index in [-0.39, 0.29) is 6.67 Å². The first-order chi connectivity index (χ1) is 16.0. The molecule has 0 unspecified atom stereocenters. The van der Waals surface area contributed by atoms with E-state index in [1.165, 1.54) is 0 Å². The van der Waals surface area contributed by atoms with Crippen molar-refractivity contribution in [2.24, 2.45) is 5.73 Å². The summed E-state index contributed by atoms with van der Waals surface area (Å²) >= 11 is 6.44. The van der Waals surface area contributed by atoms with Gasteiger partial charge >= 0.3 is 0 Å². The molecule has 0 bridgehead atoms. The van der Waals surface area contributed by atoms with Crippen LogP contribution in [0.5, 0.6) is 5.88 Å². The Kier molecular flexibility index (Phi) is 8.29. The van der Waals surface area contributed by atoms with Crippen LogP contribution >= 0.6 is 11.6 Å². The molecule has 33 heavy (non-hydrogen) atoms. The van der Waals surface area contributed by atoms with Crippen molar-refractivity contribution in [1.29, 1.82) is 0 Å². The predicted octanol–water partition coefficient (Wildman–Crippen LogP) is 3.36. The Bertz CT molecular complexity index is 906. The van der Waals surface area contributed by atoms with Crippen molar-refractivity contribution in [2.45, 2.75) is 56.1 Å². The van der Waals surface area contributed by atoms with E-state index in [9.17, 15) is 4.39 Å². The first kappa shape index (κ1) is 24.1. The summed E-state index contributed by atoms with van der Waals surface area (Å²) in [6.07, 6.45) is 10.4. The maximum absolute atomic E-state index is 12.4. The van der Waals surface area contributed by atoms with Crippen LogP contribution in [0.15, 0.2) is 24.7 Å². The average molecular weight is 479 g/mol. The number of nitrogens with one attached hydrogen (secondary N) is 2. The van der Waals surface area contributed by atoms with Crippen molar-refractivity contribution >= 4 is 17.4 Å². The Morgan fingerprint density at radius 1 is 1.15 bits per heavy atom. The molecule has 0 spiro atoms. The van der Waals surface area contributed by atoms with Crippen molar-refractivity contribution in [3.8, 4) is 17.1 Å². The van der Waals surface area contributed by atoms with Crippen LogP contribution in [0, 0.1) is 0 Å². The van der Waals surface area contributed by atoms with Crippen molar-refractivity contribution in [3.05, 3.63) is 29.7 Å². The zero-order chi connectivity index (χ0) is 23.1. The highest BCUT2D eigenvalue weighted by Crippen LogP contribution is 2.30. The lowest BCUT2D eigenvalue weighted by Crippen LogP contribution is -2.49. The van der Waals surface area contributed by atoms with Crippen LogP contribution in [-0.2, 0) is 4.74 Å². The summed E-state index contributed by atoms with van der Waals surface area (Å²) in [4.78, 5) is 13.3. The van der Waals surface area contributed by atoms with Gasteiger partial charge in [0.25, 0.3) is 0 Å². The molecule has 3 heterocycles. The van der Waals surface area contributed by atoms with E-state index in [0.29, 0.717) is 55.0 Å². The van der Waals surface area contributed by atoms with Crippen LogP contribution < -0.4 is 21.1 Å². The molecule has 0 aromatic carbocycles. The van der Waals surface area contributed by atoms with Crippen LogP contribution in [0.3, 0.4) is 0 Å². The first-order valence-electron chi connectivity index (χ1n) is 11.6. The second kappa shape index (κ2) is 11.4. The average Bonchev–Trinajstić information content (AvgIpc) is 2.84. The van der Waals surface area contributed by atoms with Crippen LogP contribution in [0.4, 0.5) is 10.2 Å². The molecule has 8 nitrogen and oxygen atoms in total. The summed E-state index contributed by atoms with van der Waals surface area (Å²) in [6, 6.07) is 2.60. The van der Waals surface area contributed by atoms with E-state index in [2.05, 4.69) is 25.6 Å². The van der Waals surface area contributed by atoms with Gasteiger partial charge in [-0.15, -0.1) is 0 Å². The number of ether oxygens (including phenoxy) is 2. The number of rotatable bonds is 9. The lowest BCUT2D eigenvalue weighted by atomic mass is 9.91. The minimum atomic E-state index is -0.415. The molecule has 2 aromatic rings. The third-order valence-electron chi connectivity index (χ3n) is 6.35. The van der Waals surface area contributed by atoms with Gasteiger partial charge in [-0.1, -0.05) is 11.6 Å². The van der Waals surface area contributed by atoms with E-state index < -0.39 is 5.54 Å². The standard InChI is InChI=1S/C23H32ClFN6O2/c24-19-12-29-21(30-17-3-1-16(2-4-17)28-8-7-25)11-18(19)20-13-27-14-22(31-20)33-15-23(26)5-9-32-10-6-23/h11-14,16-17,28H,1-10,15,26H2,(H,29,30). The number of nitrogens with two attached hydrogens (primary N) is 1. The maximum Gasteiger partial charge on any atom is 0.232 e. The molecule has 2 aromatic heterocycles. The molecule has 0 atom stereocenters. The Labute approximate surface area is 198 Å². The van der Waals surface area contributed by atoms with Crippen LogP contribution in [0.25, 0.3) is 11.3 Å². The highest BCUT2D eigenvalue weighted by Gasteiger charge is 2.29. The minimum absolute atomic E-state index is 0.316. The number of aromatic nitrogens is 3. The van der Waals surface area contributed by atoms with E-state index >= 15 is 0 Å². The lowest BCUT2D eigenvalue weighted by molar-refractivity contribution is 0.0335. The van der Waals surface area contributed by atoms with Crippen LogP contribution in [-0.4, -0.2) is 65.6 Å². The maximum atomic E-state index is 12.4. The van der Waals surface area contributed by atoms with Gasteiger partial charge in [0.2, 0.25) is 5.88 Å². The fourth-order valence-corrected chi connectivity index (χ4v) is 4.51. The van der Waals surface area contributed by atoms with Crippen molar-refractivity contribution < 1.29 is 13.9 Å². The SMILES string of the molecule is NC1(COc2cncc(-c3cc(NC4CCC(NCCF)CC4)ncc3Cl)n2)CCOCC1. The fraction of sp³-hybridized carbons (Fsp3) is 0.609. The summed E-state index contributed by atoms with van der Waals surface area (Å²) in [6.45, 7) is 1.74. The fourth-order valence-electron chi connectivity index (χ4n) is 4.31. The van der Waals surface area contributed by atoms with Gasteiger partial charge in [-0.2, -0.15) is 0 Å². The van der Waals surface area contributed by atoms with Crippen LogP contribution in [0.2, 0.25) is 5.02 Å². The van der Waals surface area contributed by atoms with E-state index in [1.54, 1.807) is 18.6 Å². The van der Waals surface area contributed by atoms with Gasteiger partial charge in [-0.05, 0) is 44.6 Å². The van der Waals surface area contributed by atoms with Gasteiger partial charge in [-0.25, -0.2) is 14.4 Å². The largest absolute Gasteiger partial charge is 0.475 e. The Balaban J connectivity index is 1.39. The van der Waals surface area contributed by atoms with Gasteiger partial charge in [0, 0.05) is 43.6 Å². The minimum Gasteiger partial charge on any atom is -0.475 e. The zero-order valence-electron chi connectivity index (χ0n) is 18.7. The summed E-state index contributed by atoms with van der Waals surface area (Å²) in [5, 5.41) is 7.25. The van der Waals surface area contributed by atoms with Crippen molar-refractivity contribution in [3.63, 3.8) is 0 Å². The lowest BCUT2D eigenvalue weighted by Gasteiger charge is -2.32. The number of hydrogen-bond donors (Lipinski definition) is 3. The quantitative estimate of drug-likeness (QED) is 0.503. The Morgan fingerprint density at radius 2 is 1.91 bits per heavy atom. The van der Waals surface area contributed by atoms with Crippen molar-refractivity contribution in [1.82, 2.24) is 20.3 Å². The first-order valence-corrected chi connectivity index (χ1v) is 12.0. The molecule has 1 saturated heterocycles. The van der Waals surface area contributed by atoms with E-state index in [4.69, 9.17) is 26.8 Å². The third-order valence-corrected chi connectivity index (χ3v) is 6.65. The van der Waals surface area contributed by atoms with Gasteiger partial charge < -0.3 is 25.8 Å². The zero-order valence-corrected chi connectivity index (χ0v) is 19.5. The highest BCUT2D eigenvalue weighted by atomic mass is 35.5. The van der Waals surface area contributed by atoms with E-state index in [0.717, 1.165) is 49.9 Å². The normalized spacial score (nSPS) is 22.6. The van der Waals surface area contributed by atoms with Crippen LogP contribution in [0.1, 0.15) is 38.5 Å². The van der Waals surface area contributed by atoms with E-state index in [1.807, 2.05) is 6.07 Å². The molecule has 1 aliphatic heterocycles. The van der Waals surface area contributed by atoms with Gasteiger partial charge in [0.1, 0.15) is 19.1 Å². The number of halogens is 2. The molecule has 2 aliphatic rings. The molecular weight excluding hydrogens is 447 g/mol. The summed E-state index contributed by atoms with van der Waals surface area (Å²) in [5.74, 6) is 1.15. The highest BCUT2D eigenvalue weighted by molar-refractivity contribution is 6.33. The number of nitrogens with zero attached hydrogens (tertiary/aromatic N) is 3. The third kappa shape index (κ3) is 6.72. The van der Waals surface area contributed by atoms with Crippen molar-refractivity contribution in [2.75, 3.05) is 38.4 Å². The number of alkyl halides is 1. The molecule has 0 radical (unpaired) electrons. The van der Waals surface area contributed by atoms with Gasteiger partial charge in [0.05, 0.1) is 28.6 Å². The van der Waals surface area contributed by atoms with Gasteiger partial charge in [-0.3, -0.25) is 4.98 Å². The molecular formula is C23H32ClFN6O2. The topological polar surface area (TPSA) is 107 Å². The summed E-state index contributed by atoms with van der Waals surface area (Å²) in [7, 11) is 0. The summed E-state index contributed by atoms with van der Waals surface area (Å²) < 4.78 is 23.6. The molecule has 10 heteroatoms. The molecule has 180 valence electrons.